The van der Waals surface area contributed by atoms with E-state index in [1.807, 2.05) is 31.2 Å². The molecule has 2 nitrogen and oxygen atoms in total. The number of rotatable bonds is 2. The van der Waals surface area contributed by atoms with Gasteiger partial charge in [0.25, 0.3) is 5.56 Å². The topological polar surface area (TPSA) is 22.0 Å². The standard InChI is InChI=1S/C13H14ClNO/c1-3-8-15-11-7-5-4-6-10(11)9(2)12(14)13(15)16/h4-7H,3,8H2,1-2H3. The number of nitrogens with zero attached hydrogens (tertiary/aromatic N) is 1. The summed E-state index contributed by atoms with van der Waals surface area (Å²) < 4.78 is 1.75. The fourth-order valence-electron chi connectivity index (χ4n) is 1.98. The maximum atomic E-state index is 12.0. The minimum Gasteiger partial charge on any atom is -0.307 e. The lowest BCUT2D eigenvalue weighted by Gasteiger charge is -2.12. The molecular formula is C13H14ClNO. The molecule has 16 heavy (non-hydrogen) atoms. The summed E-state index contributed by atoms with van der Waals surface area (Å²) in [5.74, 6) is 0. The van der Waals surface area contributed by atoms with Crippen molar-refractivity contribution in [3.8, 4) is 0 Å². The van der Waals surface area contributed by atoms with Crippen molar-refractivity contribution in [2.75, 3.05) is 0 Å². The van der Waals surface area contributed by atoms with Gasteiger partial charge in [0, 0.05) is 11.9 Å². The van der Waals surface area contributed by atoms with Gasteiger partial charge in [0.15, 0.2) is 0 Å². The molecule has 3 heteroatoms. The van der Waals surface area contributed by atoms with Gasteiger partial charge in [-0.1, -0.05) is 36.7 Å². The smallest absolute Gasteiger partial charge is 0.270 e. The molecule has 0 aliphatic heterocycles. The van der Waals surface area contributed by atoms with Gasteiger partial charge in [0.2, 0.25) is 0 Å². The fourth-order valence-corrected chi connectivity index (χ4v) is 2.18. The van der Waals surface area contributed by atoms with Gasteiger partial charge < -0.3 is 4.57 Å². The molecule has 0 N–H and O–H groups in total. The first-order valence-corrected chi connectivity index (χ1v) is 5.82. The van der Waals surface area contributed by atoms with Crippen LogP contribution in [0.15, 0.2) is 29.1 Å². The number of fused-ring (bicyclic) bond motifs is 1. The minimum absolute atomic E-state index is 0.0836. The van der Waals surface area contributed by atoms with Crippen LogP contribution in [0.5, 0.6) is 0 Å². The van der Waals surface area contributed by atoms with Crippen molar-refractivity contribution >= 4 is 22.5 Å². The van der Waals surface area contributed by atoms with E-state index < -0.39 is 0 Å². The molecule has 0 saturated heterocycles. The number of hydrogen-bond acceptors (Lipinski definition) is 1. The van der Waals surface area contributed by atoms with Crippen LogP contribution in [0, 0.1) is 6.92 Å². The molecule has 84 valence electrons. The van der Waals surface area contributed by atoms with Crippen LogP contribution in [0.25, 0.3) is 10.9 Å². The number of aryl methyl sites for hydroxylation is 2. The van der Waals surface area contributed by atoms with E-state index in [0.29, 0.717) is 11.6 Å². The SMILES string of the molecule is CCCn1c(=O)c(Cl)c(C)c2ccccc21. The molecule has 1 heterocycles. The van der Waals surface area contributed by atoms with Crippen LogP contribution in [-0.2, 0) is 6.54 Å². The fraction of sp³-hybridized carbons (Fsp3) is 0.308. The Morgan fingerprint density at radius 2 is 2.00 bits per heavy atom. The third kappa shape index (κ3) is 1.63. The number of hydrogen-bond donors (Lipinski definition) is 0. The van der Waals surface area contributed by atoms with Gasteiger partial charge in [-0.05, 0) is 25.0 Å². The molecule has 0 aliphatic carbocycles. The van der Waals surface area contributed by atoms with Crippen molar-refractivity contribution < 1.29 is 0 Å². The lowest BCUT2D eigenvalue weighted by Crippen LogP contribution is -2.21. The molecule has 0 radical (unpaired) electrons. The van der Waals surface area contributed by atoms with Crippen LogP contribution in [-0.4, -0.2) is 4.57 Å². The van der Waals surface area contributed by atoms with Crippen molar-refractivity contribution in [2.24, 2.45) is 0 Å². The van der Waals surface area contributed by atoms with Crippen LogP contribution in [0.3, 0.4) is 0 Å². The molecule has 2 rings (SSSR count). The molecule has 0 fully saturated rings. The average Bonchev–Trinajstić information content (AvgIpc) is 2.32. The third-order valence-corrected chi connectivity index (χ3v) is 3.25. The number of benzene rings is 1. The van der Waals surface area contributed by atoms with Crippen LogP contribution < -0.4 is 5.56 Å². The van der Waals surface area contributed by atoms with Gasteiger partial charge in [0.1, 0.15) is 5.02 Å². The molecule has 0 unspecified atom stereocenters. The van der Waals surface area contributed by atoms with Gasteiger partial charge >= 0.3 is 0 Å². The third-order valence-electron chi connectivity index (χ3n) is 2.81. The molecule has 1 aromatic carbocycles. The first-order valence-electron chi connectivity index (χ1n) is 5.44. The van der Waals surface area contributed by atoms with Crippen LogP contribution in [0.4, 0.5) is 0 Å². The number of aromatic nitrogens is 1. The van der Waals surface area contributed by atoms with Gasteiger partial charge in [-0.3, -0.25) is 4.79 Å². The highest BCUT2D eigenvalue weighted by Gasteiger charge is 2.10. The predicted molar refractivity (Wildman–Crippen MR) is 68.2 cm³/mol. The van der Waals surface area contributed by atoms with Crippen molar-refractivity contribution in [1.82, 2.24) is 4.57 Å². The highest BCUT2D eigenvalue weighted by atomic mass is 35.5. The second-order valence-electron chi connectivity index (χ2n) is 3.91. The van der Waals surface area contributed by atoms with E-state index >= 15 is 0 Å². The van der Waals surface area contributed by atoms with Gasteiger partial charge in [-0.2, -0.15) is 0 Å². The second kappa shape index (κ2) is 4.30. The number of halogens is 1. The summed E-state index contributed by atoms with van der Waals surface area (Å²) in [6.45, 7) is 4.65. The number of para-hydroxylation sites is 1. The van der Waals surface area contributed by atoms with E-state index in [-0.39, 0.29) is 5.56 Å². The summed E-state index contributed by atoms with van der Waals surface area (Å²) in [4.78, 5) is 12.0. The maximum absolute atomic E-state index is 12.0. The molecule has 2 aromatic rings. The molecule has 1 aromatic heterocycles. The van der Waals surface area contributed by atoms with Crippen molar-refractivity contribution in [1.29, 1.82) is 0 Å². The summed E-state index contributed by atoms with van der Waals surface area (Å²) in [6.07, 6.45) is 0.920. The zero-order chi connectivity index (χ0) is 11.7. The largest absolute Gasteiger partial charge is 0.307 e. The Bertz CT molecular complexity index is 586. The Kier molecular flexibility index (Phi) is 3.01. The van der Waals surface area contributed by atoms with Crippen LogP contribution in [0.2, 0.25) is 5.02 Å². The molecule has 0 amide bonds. The van der Waals surface area contributed by atoms with Crippen molar-refractivity contribution in [2.45, 2.75) is 26.8 Å². The summed E-state index contributed by atoms with van der Waals surface area (Å²) in [7, 11) is 0. The van der Waals surface area contributed by atoms with Crippen molar-refractivity contribution in [3.05, 3.63) is 45.2 Å². The first-order chi connectivity index (χ1) is 7.66. The monoisotopic (exact) mass is 235 g/mol. The summed E-state index contributed by atoms with van der Waals surface area (Å²) in [5, 5.41) is 1.40. The first kappa shape index (κ1) is 11.2. The summed E-state index contributed by atoms with van der Waals surface area (Å²) in [5.41, 5.74) is 1.76. The van der Waals surface area contributed by atoms with Crippen LogP contribution >= 0.6 is 11.6 Å². The summed E-state index contributed by atoms with van der Waals surface area (Å²) in [6, 6.07) is 7.88. The Morgan fingerprint density at radius 1 is 1.31 bits per heavy atom. The van der Waals surface area contributed by atoms with E-state index in [0.717, 1.165) is 22.9 Å². The maximum Gasteiger partial charge on any atom is 0.270 e. The van der Waals surface area contributed by atoms with Crippen molar-refractivity contribution in [3.63, 3.8) is 0 Å². The number of pyridine rings is 1. The minimum atomic E-state index is -0.0836. The summed E-state index contributed by atoms with van der Waals surface area (Å²) >= 11 is 6.06. The highest BCUT2D eigenvalue weighted by Crippen LogP contribution is 2.22. The Morgan fingerprint density at radius 3 is 2.69 bits per heavy atom. The lowest BCUT2D eigenvalue weighted by atomic mass is 10.1. The van der Waals surface area contributed by atoms with Gasteiger partial charge in [-0.15, -0.1) is 0 Å². The molecule has 0 bridgehead atoms. The van der Waals surface area contributed by atoms with Gasteiger partial charge in [0.05, 0.1) is 5.52 Å². The van der Waals surface area contributed by atoms with Crippen LogP contribution in [0.1, 0.15) is 18.9 Å². The van der Waals surface area contributed by atoms with E-state index in [1.54, 1.807) is 4.57 Å². The highest BCUT2D eigenvalue weighted by molar-refractivity contribution is 6.32. The average molecular weight is 236 g/mol. The molecule has 0 saturated carbocycles. The quantitative estimate of drug-likeness (QED) is 0.782. The van der Waals surface area contributed by atoms with E-state index in [4.69, 9.17) is 11.6 Å². The lowest BCUT2D eigenvalue weighted by molar-refractivity contribution is 0.678. The Balaban J connectivity index is 2.92. The van der Waals surface area contributed by atoms with E-state index in [2.05, 4.69) is 6.92 Å². The van der Waals surface area contributed by atoms with E-state index in [1.165, 1.54) is 0 Å². The predicted octanol–water partition coefficient (Wildman–Crippen LogP) is 3.37. The zero-order valence-corrected chi connectivity index (χ0v) is 10.2. The Labute approximate surface area is 99.5 Å². The molecule has 0 spiro atoms. The van der Waals surface area contributed by atoms with Gasteiger partial charge in [-0.25, -0.2) is 0 Å². The zero-order valence-electron chi connectivity index (χ0n) is 9.46. The molecule has 0 atom stereocenters. The second-order valence-corrected chi connectivity index (χ2v) is 4.29. The van der Waals surface area contributed by atoms with E-state index in [9.17, 15) is 4.79 Å². The molecule has 0 aliphatic rings. The normalized spacial score (nSPS) is 10.9. The Hall–Kier alpha value is -1.28. The molecular weight excluding hydrogens is 222 g/mol.